The Bertz CT molecular complexity index is 706. The molecule has 1 aliphatic rings. The number of amides is 1. The summed E-state index contributed by atoms with van der Waals surface area (Å²) in [6.07, 6.45) is 0.640. The van der Waals surface area contributed by atoms with Gasteiger partial charge in [0.15, 0.2) is 0 Å². The summed E-state index contributed by atoms with van der Waals surface area (Å²) < 4.78 is 37.5. The van der Waals surface area contributed by atoms with Crippen molar-refractivity contribution in [3.63, 3.8) is 0 Å². The van der Waals surface area contributed by atoms with E-state index >= 15 is 0 Å². The first-order chi connectivity index (χ1) is 11.9. The van der Waals surface area contributed by atoms with E-state index in [-0.39, 0.29) is 53.7 Å². The van der Waals surface area contributed by atoms with Crippen molar-refractivity contribution >= 4 is 28.3 Å². The topological polar surface area (TPSA) is 111 Å². The Morgan fingerprint density at radius 2 is 2.04 bits per heavy atom. The molecule has 8 nitrogen and oxygen atoms in total. The summed E-state index contributed by atoms with van der Waals surface area (Å²) in [7, 11) is -2.37. The first-order valence-corrected chi connectivity index (χ1v) is 9.60. The van der Waals surface area contributed by atoms with Crippen molar-refractivity contribution in [3.05, 3.63) is 23.8 Å². The molecule has 2 rings (SSSR count). The standard InChI is InChI=1S/C16H25N3O5S.ClH/c1-12(17)5-6-18-16(20)13-3-4-14(23-2)15(11-13)25(21,22)19-7-9-24-10-8-19;/h3-4,11-12H,5-10,17H2,1-2H3,(H,18,20);1H. The van der Waals surface area contributed by atoms with Gasteiger partial charge in [-0.1, -0.05) is 0 Å². The molecule has 3 N–H and O–H groups in total. The van der Waals surface area contributed by atoms with Crippen molar-refractivity contribution in [3.8, 4) is 5.75 Å². The Labute approximate surface area is 160 Å². The van der Waals surface area contributed by atoms with Crippen molar-refractivity contribution < 1.29 is 22.7 Å². The predicted molar refractivity (Wildman–Crippen MR) is 100 cm³/mol. The Kier molecular flexibility index (Phi) is 8.78. The number of hydrogen-bond acceptors (Lipinski definition) is 6. The third kappa shape index (κ3) is 5.55. The van der Waals surface area contributed by atoms with Gasteiger partial charge in [-0.3, -0.25) is 4.79 Å². The Morgan fingerprint density at radius 3 is 2.62 bits per heavy atom. The van der Waals surface area contributed by atoms with Crippen LogP contribution in [0.2, 0.25) is 0 Å². The van der Waals surface area contributed by atoms with Crippen LogP contribution in [0, 0.1) is 0 Å². The van der Waals surface area contributed by atoms with Crippen LogP contribution in [0.3, 0.4) is 0 Å². The fourth-order valence-corrected chi connectivity index (χ4v) is 4.05. The first-order valence-electron chi connectivity index (χ1n) is 8.16. The second kappa shape index (κ2) is 10.1. The molecule has 1 amide bonds. The number of hydrogen-bond donors (Lipinski definition) is 2. The van der Waals surface area contributed by atoms with E-state index in [1.807, 2.05) is 6.92 Å². The van der Waals surface area contributed by atoms with E-state index in [2.05, 4.69) is 5.32 Å². The number of carbonyl (C=O) groups is 1. The smallest absolute Gasteiger partial charge is 0.251 e. The zero-order valence-electron chi connectivity index (χ0n) is 14.9. The van der Waals surface area contributed by atoms with Crippen molar-refractivity contribution in [2.45, 2.75) is 24.3 Å². The van der Waals surface area contributed by atoms with Crippen LogP contribution in [0.5, 0.6) is 5.75 Å². The molecule has 1 saturated heterocycles. The number of nitrogens with one attached hydrogen (secondary N) is 1. The lowest BCUT2D eigenvalue weighted by Gasteiger charge is -2.26. The lowest BCUT2D eigenvalue weighted by atomic mass is 10.2. The maximum atomic E-state index is 12.9. The molecule has 26 heavy (non-hydrogen) atoms. The number of nitrogens with zero attached hydrogens (tertiary/aromatic N) is 1. The number of rotatable bonds is 7. The van der Waals surface area contributed by atoms with Crippen LogP contribution in [-0.4, -0.2) is 64.6 Å². The molecule has 1 aromatic carbocycles. The highest BCUT2D eigenvalue weighted by atomic mass is 35.5. The summed E-state index contributed by atoms with van der Waals surface area (Å²) in [5.41, 5.74) is 5.92. The van der Waals surface area contributed by atoms with Gasteiger partial charge in [0.05, 0.1) is 20.3 Å². The zero-order chi connectivity index (χ0) is 18.4. The summed E-state index contributed by atoms with van der Waals surface area (Å²) >= 11 is 0. The number of nitrogens with two attached hydrogens (primary N) is 1. The van der Waals surface area contributed by atoms with Gasteiger partial charge in [-0.15, -0.1) is 12.4 Å². The van der Waals surface area contributed by atoms with Gasteiger partial charge in [0.25, 0.3) is 5.91 Å². The first kappa shape index (κ1) is 22.7. The molecular weight excluding hydrogens is 382 g/mol. The number of morpholine rings is 1. The van der Waals surface area contributed by atoms with E-state index < -0.39 is 10.0 Å². The van der Waals surface area contributed by atoms with Gasteiger partial charge in [-0.05, 0) is 31.5 Å². The minimum Gasteiger partial charge on any atom is -0.495 e. The molecule has 1 aromatic rings. The highest BCUT2D eigenvalue weighted by Gasteiger charge is 2.30. The number of benzene rings is 1. The Morgan fingerprint density at radius 1 is 1.38 bits per heavy atom. The second-order valence-corrected chi connectivity index (χ2v) is 7.81. The van der Waals surface area contributed by atoms with Gasteiger partial charge in [0.2, 0.25) is 10.0 Å². The van der Waals surface area contributed by atoms with E-state index in [1.165, 1.54) is 23.5 Å². The number of halogens is 1. The molecule has 0 radical (unpaired) electrons. The lowest BCUT2D eigenvalue weighted by molar-refractivity contribution is 0.0729. The molecule has 10 heteroatoms. The summed E-state index contributed by atoms with van der Waals surface area (Å²) in [5, 5.41) is 2.74. The second-order valence-electron chi connectivity index (χ2n) is 5.90. The number of ether oxygens (including phenoxy) is 2. The van der Waals surface area contributed by atoms with Crippen LogP contribution in [0.4, 0.5) is 0 Å². The minimum atomic E-state index is -3.77. The van der Waals surface area contributed by atoms with E-state index in [0.29, 0.717) is 26.2 Å². The number of methoxy groups -OCH3 is 1. The molecule has 148 valence electrons. The summed E-state index contributed by atoms with van der Waals surface area (Å²) in [4.78, 5) is 12.2. The van der Waals surface area contributed by atoms with Crippen LogP contribution in [0.25, 0.3) is 0 Å². The normalized spacial score (nSPS) is 16.4. The van der Waals surface area contributed by atoms with E-state index in [4.69, 9.17) is 15.2 Å². The molecule has 1 heterocycles. The molecule has 1 unspecified atom stereocenters. The summed E-state index contributed by atoms with van der Waals surface area (Å²) in [6, 6.07) is 4.37. The fourth-order valence-electron chi connectivity index (χ4n) is 2.46. The summed E-state index contributed by atoms with van der Waals surface area (Å²) in [6.45, 7) is 3.52. The molecule has 0 spiro atoms. The highest BCUT2D eigenvalue weighted by Crippen LogP contribution is 2.28. The Balaban J connectivity index is 0.00000338. The third-order valence-electron chi connectivity index (χ3n) is 3.90. The molecule has 0 aliphatic carbocycles. The summed E-state index contributed by atoms with van der Waals surface area (Å²) in [5.74, 6) is -0.139. The van der Waals surface area contributed by atoms with Crippen molar-refractivity contribution in [2.24, 2.45) is 5.73 Å². The average Bonchev–Trinajstić information content (AvgIpc) is 2.61. The highest BCUT2D eigenvalue weighted by molar-refractivity contribution is 7.89. The molecular formula is C16H26ClN3O5S. The van der Waals surface area contributed by atoms with Crippen molar-refractivity contribution in [2.75, 3.05) is 40.0 Å². The van der Waals surface area contributed by atoms with Gasteiger partial charge < -0.3 is 20.5 Å². The van der Waals surface area contributed by atoms with E-state index in [0.717, 1.165) is 0 Å². The quantitative estimate of drug-likeness (QED) is 0.684. The van der Waals surface area contributed by atoms with Crippen LogP contribution in [0.1, 0.15) is 23.7 Å². The average molecular weight is 408 g/mol. The van der Waals surface area contributed by atoms with Gasteiger partial charge in [-0.25, -0.2) is 8.42 Å². The maximum absolute atomic E-state index is 12.9. The Hall–Kier alpha value is -1.39. The predicted octanol–water partition coefficient (Wildman–Crippen LogP) is 0.605. The van der Waals surface area contributed by atoms with E-state index in [9.17, 15) is 13.2 Å². The van der Waals surface area contributed by atoms with Crippen LogP contribution in [0.15, 0.2) is 23.1 Å². The molecule has 0 saturated carbocycles. The number of sulfonamides is 1. The van der Waals surface area contributed by atoms with Crippen LogP contribution in [-0.2, 0) is 14.8 Å². The molecule has 0 bridgehead atoms. The molecule has 1 aliphatic heterocycles. The molecule has 0 aromatic heterocycles. The fraction of sp³-hybridized carbons (Fsp3) is 0.562. The largest absolute Gasteiger partial charge is 0.495 e. The van der Waals surface area contributed by atoms with E-state index in [1.54, 1.807) is 6.07 Å². The lowest BCUT2D eigenvalue weighted by Crippen LogP contribution is -2.40. The van der Waals surface area contributed by atoms with Crippen molar-refractivity contribution in [1.29, 1.82) is 0 Å². The molecule has 1 atom stereocenters. The number of carbonyl (C=O) groups excluding carboxylic acids is 1. The maximum Gasteiger partial charge on any atom is 0.251 e. The third-order valence-corrected chi connectivity index (χ3v) is 5.82. The molecule has 1 fully saturated rings. The SMILES string of the molecule is COc1ccc(C(=O)NCCC(C)N)cc1S(=O)(=O)N1CCOCC1.Cl. The van der Waals surface area contributed by atoms with Gasteiger partial charge in [-0.2, -0.15) is 4.31 Å². The monoisotopic (exact) mass is 407 g/mol. The van der Waals surface area contributed by atoms with Crippen molar-refractivity contribution in [1.82, 2.24) is 9.62 Å². The van der Waals surface area contributed by atoms with Crippen LogP contribution >= 0.6 is 12.4 Å². The zero-order valence-corrected chi connectivity index (χ0v) is 16.6. The van der Waals surface area contributed by atoms with Crippen LogP contribution < -0.4 is 15.8 Å². The van der Waals surface area contributed by atoms with Gasteiger partial charge >= 0.3 is 0 Å². The van der Waals surface area contributed by atoms with Gasteiger partial charge in [0.1, 0.15) is 10.6 Å². The van der Waals surface area contributed by atoms with Gasteiger partial charge in [0, 0.05) is 31.2 Å². The minimum absolute atomic E-state index is 0.